The van der Waals surface area contributed by atoms with Crippen molar-refractivity contribution in [3.05, 3.63) is 0 Å². The van der Waals surface area contributed by atoms with Crippen LogP contribution in [-0.4, -0.2) is 18.3 Å². The van der Waals surface area contributed by atoms with Gasteiger partial charge in [0.1, 0.15) is 5.88 Å². The lowest BCUT2D eigenvalue weighted by molar-refractivity contribution is -0.118. The molecule has 1 amide bonds. The van der Waals surface area contributed by atoms with Crippen molar-refractivity contribution in [2.75, 3.05) is 12.4 Å². The minimum absolute atomic E-state index is 0.198. The highest BCUT2D eigenvalue weighted by molar-refractivity contribution is 6.27. The van der Waals surface area contributed by atoms with Crippen LogP contribution in [0.15, 0.2) is 0 Å². The summed E-state index contributed by atoms with van der Waals surface area (Å²) in [4.78, 5) is 10.4. The van der Waals surface area contributed by atoms with Crippen LogP contribution >= 0.6 is 11.6 Å². The van der Waals surface area contributed by atoms with Crippen LogP contribution in [0.5, 0.6) is 0 Å². The molecule has 7 heavy (non-hydrogen) atoms. The Bertz CT molecular complexity index is 124. The quantitative estimate of drug-likeness (QED) is 0.530. The van der Waals surface area contributed by atoms with Gasteiger partial charge in [-0.05, 0) is 6.85 Å². The van der Waals surface area contributed by atoms with Crippen LogP contribution in [0.4, 0.5) is 0 Å². The standard InChI is InChI=1S/C4H8ClNO/c1-2-6-4(7)3-5/h2-3H2,1H3,(H,6,7)/i1D3. The molecule has 0 unspecified atom stereocenters. The molecule has 0 aliphatic heterocycles. The average molecular weight is 125 g/mol. The number of carbonyl (C=O) groups excluding carboxylic acids is 1. The van der Waals surface area contributed by atoms with Crippen molar-refractivity contribution < 1.29 is 8.91 Å². The molecule has 0 heterocycles. The van der Waals surface area contributed by atoms with Gasteiger partial charge in [-0.3, -0.25) is 4.79 Å². The van der Waals surface area contributed by atoms with Crippen molar-refractivity contribution in [3.63, 3.8) is 0 Å². The van der Waals surface area contributed by atoms with Crippen LogP contribution in [0.1, 0.15) is 11.0 Å². The number of alkyl halides is 1. The number of nitrogens with one attached hydrogen (secondary N) is 1. The molecular formula is C4H8ClNO. The lowest BCUT2D eigenvalue weighted by Crippen LogP contribution is -2.23. The fraction of sp³-hybridized carbons (Fsp3) is 0.750. The van der Waals surface area contributed by atoms with Gasteiger partial charge in [-0.15, -0.1) is 11.6 Å². The molecule has 42 valence electrons. The van der Waals surface area contributed by atoms with E-state index in [-0.39, 0.29) is 12.4 Å². The Balaban J connectivity index is 3.46. The Morgan fingerprint density at radius 1 is 2.14 bits per heavy atom. The first-order valence-electron chi connectivity index (χ1n) is 3.28. The molecule has 0 atom stereocenters. The third-order valence-electron chi connectivity index (χ3n) is 0.407. The van der Waals surface area contributed by atoms with E-state index >= 15 is 0 Å². The van der Waals surface area contributed by atoms with Crippen molar-refractivity contribution in [2.24, 2.45) is 0 Å². The molecule has 0 saturated carbocycles. The number of rotatable bonds is 2. The summed E-state index contributed by atoms with van der Waals surface area (Å²) in [6.45, 7) is -2.43. The maximum atomic E-state index is 10.4. The smallest absolute Gasteiger partial charge is 0.234 e. The SMILES string of the molecule is [2H]C([2H])([2H])CNC(=O)CCl. The zero-order chi connectivity index (χ0) is 8.20. The van der Waals surface area contributed by atoms with E-state index in [1.54, 1.807) is 0 Å². The summed E-state index contributed by atoms with van der Waals surface area (Å²) in [5.41, 5.74) is 0. The summed E-state index contributed by atoms with van der Waals surface area (Å²) >= 11 is 5.09. The Morgan fingerprint density at radius 3 is 3.29 bits per heavy atom. The van der Waals surface area contributed by atoms with Crippen LogP contribution in [0, 0.1) is 0 Å². The highest BCUT2D eigenvalue weighted by atomic mass is 35.5. The highest BCUT2D eigenvalue weighted by Crippen LogP contribution is 1.70. The van der Waals surface area contributed by atoms with Gasteiger partial charge in [-0.25, -0.2) is 0 Å². The Labute approximate surface area is 52.1 Å². The third-order valence-corrected chi connectivity index (χ3v) is 0.650. The van der Waals surface area contributed by atoms with Crippen molar-refractivity contribution in [1.29, 1.82) is 0 Å². The molecule has 0 radical (unpaired) electrons. The predicted molar refractivity (Wildman–Crippen MR) is 29.4 cm³/mol. The number of hydrogen-bond acceptors (Lipinski definition) is 1. The first-order valence-corrected chi connectivity index (χ1v) is 2.32. The zero-order valence-corrected chi connectivity index (χ0v) is 4.46. The number of hydrogen-bond donors (Lipinski definition) is 1. The number of amides is 1. The Morgan fingerprint density at radius 2 is 2.86 bits per heavy atom. The van der Waals surface area contributed by atoms with Gasteiger partial charge in [0.05, 0.1) is 0 Å². The summed E-state index contributed by atoms with van der Waals surface area (Å²) in [7, 11) is 0. The minimum Gasteiger partial charge on any atom is -0.355 e. The number of carbonyl (C=O) groups is 1. The largest absolute Gasteiger partial charge is 0.355 e. The third kappa shape index (κ3) is 3.59. The van der Waals surface area contributed by atoms with E-state index in [0.29, 0.717) is 0 Å². The van der Waals surface area contributed by atoms with Gasteiger partial charge in [-0.1, -0.05) is 0 Å². The molecule has 0 bridgehead atoms. The summed E-state index contributed by atoms with van der Waals surface area (Å²) in [5.74, 6) is -0.659. The molecule has 3 heteroatoms. The van der Waals surface area contributed by atoms with Crippen LogP contribution in [0.2, 0.25) is 0 Å². The van der Waals surface area contributed by atoms with E-state index in [0.717, 1.165) is 0 Å². The lowest BCUT2D eigenvalue weighted by Gasteiger charge is -1.92. The Hall–Kier alpha value is -0.240. The average Bonchev–Trinajstić information content (AvgIpc) is 1.81. The molecule has 0 fully saturated rings. The van der Waals surface area contributed by atoms with Gasteiger partial charge in [-0.2, -0.15) is 0 Å². The molecule has 0 spiro atoms. The van der Waals surface area contributed by atoms with Crippen LogP contribution in [0.3, 0.4) is 0 Å². The maximum absolute atomic E-state index is 10.4. The molecule has 0 aromatic carbocycles. The fourth-order valence-corrected chi connectivity index (χ4v) is 0.240. The molecule has 0 aromatic heterocycles. The molecule has 0 aromatic rings. The zero-order valence-electron chi connectivity index (χ0n) is 6.70. The Kier molecular flexibility index (Phi) is 1.64. The van der Waals surface area contributed by atoms with E-state index in [9.17, 15) is 4.79 Å². The van der Waals surface area contributed by atoms with E-state index in [2.05, 4.69) is 5.32 Å². The van der Waals surface area contributed by atoms with Gasteiger partial charge >= 0.3 is 0 Å². The second-order valence-corrected chi connectivity index (χ2v) is 1.18. The van der Waals surface area contributed by atoms with Crippen molar-refractivity contribution >= 4 is 17.5 Å². The molecule has 0 saturated heterocycles. The highest BCUT2D eigenvalue weighted by Gasteiger charge is 1.90. The van der Waals surface area contributed by atoms with E-state index in [4.69, 9.17) is 15.7 Å². The van der Waals surface area contributed by atoms with E-state index < -0.39 is 12.8 Å². The van der Waals surface area contributed by atoms with Gasteiger partial charge in [0.15, 0.2) is 0 Å². The molecule has 2 nitrogen and oxygen atoms in total. The summed E-state index contributed by atoms with van der Waals surface area (Å²) in [6, 6.07) is 0. The normalized spacial score (nSPS) is 16.4. The molecule has 0 aliphatic carbocycles. The minimum atomic E-state index is -2.11. The molecule has 1 N–H and O–H groups in total. The van der Waals surface area contributed by atoms with E-state index in [1.807, 2.05) is 0 Å². The summed E-state index contributed by atoms with van der Waals surface area (Å²) in [5, 5.41) is 2.14. The van der Waals surface area contributed by atoms with Crippen LogP contribution in [0.25, 0.3) is 0 Å². The van der Waals surface area contributed by atoms with Crippen molar-refractivity contribution in [1.82, 2.24) is 5.32 Å². The van der Waals surface area contributed by atoms with Crippen molar-refractivity contribution in [3.8, 4) is 0 Å². The van der Waals surface area contributed by atoms with Crippen LogP contribution < -0.4 is 5.32 Å². The molecule has 0 aliphatic rings. The van der Waals surface area contributed by atoms with Gasteiger partial charge in [0, 0.05) is 10.7 Å². The fourth-order valence-electron chi connectivity index (χ4n) is 0.146. The second kappa shape index (κ2) is 3.93. The van der Waals surface area contributed by atoms with Crippen LogP contribution in [-0.2, 0) is 4.79 Å². The maximum Gasteiger partial charge on any atom is 0.234 e. The second-order valence-electron chi connectivity index (χ2n) is 0.910. The molecular weight excluding hydrogens is 114 g/mol. The summed E-state index contributed by atoms with van der Waals surface area (Å²) < 4.78 is 20.0. The van der Waals surface area contributed by atoms with Gasteiger partial charge in [0.2, 0.25) is 5.91 Å². The monoisotopic (exact) mass is 124 g/mol. The first kappa shape index (κ1) is 2.92. The van der Waals surface area contributed by atoms with Crippen molar-refractivity contribution in [2.45, 2.75) is 6.85 Å². The van der Waals surface area contributed by atoms with E-state index in [1.165, 1.54) is 0 Å². The van der Waals surface area contributed by atoms with Gasteiger partial charge < -0.3 is 5.32 Å². The predicted octanol–water partition coefficient (Wildman–Crippen LogP) is 0.361. The number of halogens is 1. The molecule has 0 rings (SSSR count). The topological polar surface area (TPSA) is 29.1 Å². The first-order chi connectivity index (χ1) is 4.45. The van der Waals surface area contributed by atoms with Gasteiger partial charge in [0.25, 0.3) is 0 Å². The summed E-state index contributed by atoms with van der Waals surface area (Å²) in [6.07, 6.45) is 0. The lowest BCUT2D eigenvalue weighted by atomic mass is 10.6.